The Labute approximate surface area is 122 Å². The van der Waals surface area contributed by atoms with E-state index >= 15 is 0 Å². The van der Waals surface area contributed by atoms with Crippen LogP contribution in [0.2, 0.25) is 0 Å². The number of sulfonamides is 1. The van der Waals surface area contributed by atoms with Crippen molar-refractivity contribution in [3.05, 3.63) is 39.9 Å². The summed E-state index contributed by atoms with van der Waals surface area (Å²) < 4.78 is 25.2. The van der Waals surface area contributed by atoms with Gasteiger partial charge in [-0.05, 0) is 6.42 Å². The maximum absolute atomic E-state index is 12.2. The van der Waals surface area contributed by atoms with Crippen LogP contribution in [0.5, 0.6) is 0 Å². The first-order valence-electron chi connectivity index (χ1n) is 6.11. The SMILES string of the molecule is CCC(C(=O)O)N(C)S(=O)(=O)Cc1ccccc1[N+](=O)[O-]. The van der Waals surface area contributed by atoms with E-state index in [2.05, 4.69) is 0 Å². The number of nitro groups is 1. The number of rotatable bonds is 7. The molecule has 9 heteroatoms. The van der Waals surface area contributed by atoms with Crippen molar-refractivity contribution >= 4 is 21.7 Å². The Morgan fingerprint density at radius 3 is 2.48 bits per heavy atom. The largest absolute Gasteiger partial charge is 0.480 e. The number of aliphatic carboxylic acids is 1. The van der Waals surface area contributed by atoms with Gasteiger partial charge < -0.3 is 5.11 Å². The van der Waals surface area contributed by atoms with Crippen molar-refractivity contribution < 1.29 is 23.2 Å². The molecule has 0 aromatic heterocycles. The zero-order chi connectivity index (χ0) is 16.2. The number of carboxylic acid groups (broad SMARTS) is 1. The summed E-state index contributed by atoms with van der Waals surface area (Å²) in [5.74, 6) is -1.88. The summed E-state index contributed by atoms with van der Waals surface area (Å²) in [6.45, 7) is 1.55. The molecule has 0 amide bonds. The van der Waals surface area contributed by atoms with Crippen LogP contribution in [-0.4, -0.2) is 41.8 Å². The number of para-hydroxylation sites is 1. The Bertz CT molecular complexity index is 643. The molecule has 0 radical (unpaired) electrons. The molecule has 0 saturated heterocycles. The Kier molecular flexibility index (Phi) is 5.39. The number of carbonyl (C=O) groups is 1. The Hall–Kier alpha value is -2.00. The molecule has 0 aliphatic heterocycles. The lowest BCUT2D eigenvalue weighted by molar-refractivity contribution is -0.385. The molecule has 0 aliphatic rings. The van der Waals surface area contributed by atoms with Crippen LogP contribution < -0.4 is 0 Å². The number of carboxylic acids is 1. The van der Waals surface area contributed by atoms with Crippen LogP contribution in [0.1, 0.15) is 18.9 Å². The summed E-state index contributed by atoms with van der Waals surface area (Å²) in [5, 5.41) is 19.9. The fourth-order valence-corrected chi connectivity index (χ4v) is 3.36. The van der Waals surface area contributed by atoms with E-state index in [4.69, 9.17) is 5.11 Å². The van der Waals surface area contributed by atoms with E-state index in [9.17, 15) is 23.3 Å². The zero-order valence-corrected chi connectivity index (χ0v) is 12.4. The van der Waals surface area contributed by atoms with Gasteiger partial charge in [-0.3, -0.25) is 14.9 Å². The highest BCUT2D eigenvalue weighted by Gasteiger charge is 2.31. The predicted molar refractivity (Wildman–Crippen MR) is 75.2 cm³/mol. The van der Waals surface area contributed by atoms with Gasteiger partial charge in [-0.1, -0.05) is 25.1 Å². The molecule has 0 fully saturated rings. The highest BCUT2D eigenvalue weighted by molar-refractivity contribution is 7.88. The summed E-state index contributed by atoms with van der Waals surface area (Å²) in [5.41, 5.74) is -0.285. The lowest BCUT2D eigenvalue weighted by atomic mass is 10.2. The normalized spacial score (nSPS) is 13.1. The fraction of sp³-hybridized carbons (Fsp3) is 0.417. The Morgan fingerprint density at radius 1 is 1.43 bits per heavy atom. The maximum atomic E-state index is 12.2. The maximum Gasteiger partial charge on any atom is 0.321 e. The molecular formula is C12H16N2O6S. The highest BCUT2D eigenvalue weighted by Crippen LogP contribution is 2.22. The monoisotopic (exact) mass is 316 g/mol. The van der Waals surface area contributed by atoms with Crippen LogP contribution in [0.4, 0.5) is 5.69 Å². The standard InChI is InChI=1S/C12H16N2O6S/c1-3-10(12(15)16)13(2)21(19,20)8-9-6-4-5-7-11(9)14(17)18/h4-7,10H,3,8H2,1-2H3,(H,15,16). The van der Waals surface area contributed by atoms with Gasteiger partial charge in [0.25, 0.3) is 5.69 Å². The Balaban J connectivity index is 3.11. The van der Waals surface area contributed by atoms with Crippen LogP contribution in [-0.2, 0) is 20.6 Å². The van der Waals surface area contributed by atoms with Gasteiger partial charge in [0.05, 0.1) is 10.7 Å². The number of hydrogen-bond donors (Lipinski definition) is 1. The van der Waals surface area contributed by atoms with Crippen LogP contribution in [0.3, 0.4) is 0 Å². The first kappa shape index (κ1) is 17.1. The van der Waals surface area contributed by atoms with Crippen molar-refractivity contribution in [2.75, 3.05) is 7.05 Å². The van der Waals surface area contributed by atoms with Gasteiger partial charge >= 0.3 is 5.97 Å². The number of hydrogen-bond acceptors (Lipinski definition) is 5. The molecule has 116 valence electrons. The summed E-state index contributed by atoms with van der Waals surface area (Å²) in [4.78, 5) is 21.2. The minimum Gasteiger partial charge on any atom is -0.480 e. The van der Waals surface area contributed by atoms with Gasteiger partial charge in [-0.15, -0.1) is 0 Å². The van der Waals surface area contributed by atoms with E-state index in [1.165, 1.54) is 24.3 Å². The van der Waals surface area contributed by atoms with Crippen LogP contribution >= 0.6 is 0 Å². The van der Waals surface area contributed by atoms with Gasteiger partial charge in [0.15, 0.2) is 0 Å². The average Bonchev–Trinajstić information content (AvgIpc) is 2.38. The third-order valence-corrected chi connectivity index (χ3v) is 4.88. The predicted octanol–water partition coefficient (Wildman–Crippen LogP) is 1.22. The molecule has 1 aromatic rings. The molecule has 1 unspecified atom stereocenters. The molecular weight excluding hydrogens is 300 g/mol. The van der Waals surface area contributed by atoms with Crippen molar-refractivity contribution in [3.8, 4) is 0 Å². The zero-order valence-electron chi connectivity index (χ0n) is 11.6. The number of nitro benzene ring substituents is 1. The van der Waals surface area contributed by atoms with Gasteiger partial charge in [0.1, 0.15) is 6.04 Å². The third-order valence-electron chi connectivity index (χ3n) is 3.08. The average molecular weight is 316 g/mol. The van der Waals surface area contributed by atoms with Gasteiger partial charge in [-0.2, -0.15) is 4.31 Å². The molecule has 1 N–H and O–H groups in total. The van der Waals surface area contributed by atoms with E-state index < -0.39 is 32.7 Å². The minimum atomic E-state index is -3.98. The molecule has 1 aromatic carbocycles. The second kappa shape index (κ2) is 6.64. The minimum absolute atomic E-state index is 0.0228. The molecule has 0 saturated carbocycles. The van der Waals surface area contributed by atoms with E-state index in [-0.39, 0.29) is 17.7 Å². The van der Waals surface area contributed by atoms with E-state index in [1.54, 1.807) is 6.92 Å². The second-order valence-electron chi connectivity index (χ2n) is 4.42. The fourth-order valence-electron chi connectivity index (χ4n) is 1.89. The number of benzene rings is 1. The van der Waals surface area contributed by atoms with Gasteiger partial charge in [0.2, 0.25) is 10.0 Å². The van der Waals surface area contributed by atoms with Crippen LogP contribution in [0.25, 0.3) is 0 Å². The van der Waals surface area contributed by atoms with E-state index in [0.717, 1.165) is 11.4 Å². The third kappa shape index (κ3) is 3.99. The first-order valence-corrected chi connectivity index (χ1v) is 7.72. The quantitative estimate of drug-likeness (QED) is 0.597. The second-order valence-corrected chi connectivity index (χ2v) is 6.45. The van der Waals surface area contributed by atoms with E-state index in [0.29, 0.717) is 0 Å². The molecule has 8 nitrogen and oxygen atoms in total. The Morgan fingerprint density at radius 2 is 2.00 bits per heavy atom. The number of likely N-dealkylation sites (N-methyl/N-ethyl adjacent to an activating group) is 1. The summed E-state index contributed by atoms with van der Waals surface area (Å²) in [6, 6.07) is 4.28. The summed E-state index contributed by atoms with van der Waals surface area (Å²) in [7, 11) is -2.82. The van der Waals surface area contributed by atoms with Crippen molar-refractivity contribution in [1.29, 1.82) is 0 Å². The molecule has 1 rings (SSSR count). The van der Waals surface area contributed by atoms with Crippen LogP contribution in [0, 0.1) is 10.1 Å². The van der Waals surface area contributed by atoms with Crippen molar-refractivity contribution in [2.24, 2.45) is 0 Å². The molecule has 0 bridgehead atoms. The van der Waals surface area contributed by atoms with Gasteiger partial charge in [-0.25, -0.2) is 8.42 Å². The van der Waals surface area contributed by atoms with Crippen molar-refractivity contribution in [1.82, 2.24) is 4.31 Å². The van der Waals surface area contributed by atoms with Crippen LogP contribution in [0.15, 0.2) is 24.3 Å². The molecule has 21 heavy (non-hydrogen) atoms. The first-order chi connectivity index (χ1) is 9.70. The summed E-state index contributed by atoms with van der Waals surface area (Å²) in [6.07, 6.45) is 0.0992. The van der Waals surface area contributed by atoms with Crippen molar-refractivity contribution in [3.63, 3.8) is 0 Å². The summed E-state index contributed by atoms with van der Waals surface area (Å²) >= 11 is 0. The molecule has 1 atom stereocenters. The smallest absolute Gasteiger partial charge is 0.321 e. The molecule has 0 aliphatic carbocycles. The lowest BCUT2D eigenvalue weighted by Gasteiger charge is -2.23. The van der Waals surface area contributed by atoms with Crippen molar-refractivity contribution in [2.45, 2.75) is 25.1 Å². The topological polar surface area (TPSA) is 118 Å². The molecule has 0 spiro atoms. The number of nitrogens with zero attached hydrogens (tertiary/aromatic N) is 2. The van der Waals surface area contributed by atoms with Gasteiger partial charge in [0, 0.05) is 18.7 Å². The molecule has 0 heterocycles. The lowest BCUT2D eigenvalue weighted by Crippen LogP contribution is -2.42. The highest BCUT2D eigenvalue weighted by atomic mass is 32.2. The van der Waals surface area contributed by atoms with E-state index in [1.807, 2.05) is 0 Å².